The SMILES string of the molecule is CC(C)(C)C(=O)OC1[C@H](OC(=O)C(C)(C)C)OC2COC(c3ccccc3)O[C@@H]2[C@H]1OC(=O)C(C)(C)C. The first-order valence-electron chi connectivity index (χ1n) is 12.6. The third-order valence-electron chi connectivity index (χ3n) is 5.90. The van der Waals surface area contributed by atoms with Crippen LogP contribution < -0.4 is 0 Å². The summed E-state index contributed by atoms with van der Waals surface area (Å²) in [5, 5.41) is 0. The second-order valence-corrected chi connectivity index (χ2v) is 12.6. The van der Waals surface area contributed by atoms with Gasteiger partial charge in [-0.05, 0) is 62.3 Å². The first kappa shape index (κ1) is 29.1. The summed E-state index contributed by atoms with van der Waals surface area (Å²) >= 11 is 0. The first-order chi connectivity index (χ1) is 17.0. The maximum atomic E-state index is 13.1. The van der Waals surface area contributed by atoms with Crippen LogP contribution in [0, 0.1) is 16.2 Å². The molecule has 9 nitrogen and oxygen atoms in total. The number of rotatable bonds is 4. The number of carbonyl (C=O) groups is 3. The number of benzene rings is 1. The molecule has 0 N–H and O–H groups in total. The molecule has 2 fully saturated rings. The van der Waals surface area contributed by atoms with Crippen molar-refractivity contribution in [3.8, 4) is 0 Å². The molecule has 0 bridgehead atoms. The van der Waals surface area contributed by atoms with Crippen molar-refractivity contribution >= 4 is 17.9 Å². The van der Waals surface area contributed by atoms with Crippen LogP contribution in [-0.2, 0) is 42.8 Å². The number of esters is 3. The average Bonchev–Trinajstić information content (AvgIpc) is 2.79. The zero-order chi connectivity index (χ0) is 27.8. The molecule has 3 unspecified atom stereocenters. The van der Waals surface area contributed by atoms with E-state index in [1.54, 1.807) is 62.3 Å². The molecule has 0 aromatic heterocycles. The molecular weight excluding hydrogens is 480 g/mol. The Morgan fingerprint density at radius 1 is 0.703 bits per heavy atom. The Hall–Kier alpha value is -2.49. The summed E-state index contributed by atoms with van der Waals surface area (Å²) in [7, 11) is 0. The highest BCUT2D eigenvalue weighted by Gasteiger charge is 2.56. The van der Waals surface area contributed by atoms with Gasteiger partial charge in [0.1, 0.15) is 12.2 Å². The van der Waals surface area contributed by atoms with Gasteiger partial charge in [-0.15, -0.1) is 0 Å². The van der Waals surface area contributed by atoms with Gasteiger partial charge in [-0.25, -0.2) is 0 Å². The molecule has 2 aliphatic rings. The third-order valence-corrected chi connectivity index (χ3v) is 5.90. The van der Waals surface area contributed by atoms with Crippen molar-refractivity contribution in [2.75, 3.05) is 6.61 Å². The fourth-order valence-electron chi connectivity index (χ4n) is 3.56. The number of hydrogen-bond acceptors (Lipinski definition) is 9. The van der Waals surface area contributed by atoms with E-state index in [1.807, 2.05) is 30.3 Å². The quantitative estimate of drug-likeness (QED) is 0.423. The van der Waals surface area contributed by atoms with Gasteiger partial charge in [-0.3, -0.25) is 14.4 Å². The van der Waals surface area contributed by atoms with Gasteiger partial charge < -0.3 is 28.4 Å². The lowest BCUT2D eigenvalue weighted by Gasteiger charge is -2.48. The Morgan fingerprint density at radius 3 is 1.70 bits per heavy atom. The van der Waals surface area contributed by atoms with Crippen molar-refractivity contribution in [1.82, 2.24) is 0 Å². The van der Waals surface area contributed by atoms with Gasteiger partial charge in [0.2, 0.25) is 12.4 Å². The van der Waals surface area contributed by atoms with Crippen LogP contribution in [0.1, 0.15) is 74.2 Å². The Labute approximate surface area is 219 Å². The molecule has 6 atom stereocenters. The summed E-state index contributed by atoms with van der Waals surface area (Å²) in [5.41, 5.74) is -1.81. The van der Waals surface area contributed by atoms with E-state index in [0.29, 0.717) is 0 Å². The zero-order valence-corrected chi connectivity index (χ0v) is 23.2. The van der Waals surface area contributed by atoms with Crippen molar-refractivity contribution in [2.45, 2.75) is 99.3 Å². The lowest BCUT2D eigenvalue weighted by Crippen LogP contribution is -2.65. The molecule has 0 amide bonds. The highest BCUT2D eigenvalue weighted by molar-refractivity contribution is 5.77. The molecular formula is C28H40O9. The highest BCUT2D eigenvalue weighted by Crippen LogP contribution is 2.38. The van der Waals surface area contributed by atoms with Crippen molar-refractivity contribution < 1.29 is 42.8 Å². The number of fused-ring (bicyclic) bond motifs is 1. The second-order valence-electron chi connectivity index (χ2n) is 12.6. The van der Waals surface area contributed by atoms with Crippen molar-refractivity contribution in [3.05, 3.63) is 35.9 Å². The van der Waals surface area contributed by atoms with Crippen LogP contribution >= 0.6 is 0 Å². The summed E-state index contributed by atoms with van der Waals surface area (Å²) < 4.78 is 35.8. The summed E-state index contributed by atoms with van der Waals surface area (Å²) in [6, 6.07) is 9.31. The van der Waals surface area contributed by atoms with Crippen LogP contribution in [0.15, 0.2) is 30.3 Å². The van der Waals surface area contributed by atoms with E-state index in [9.17, 15) is 14.4 Å². The predicted octanol–water partition coefficient (Wildman–Crippen LogP) is 4.33. The van der Waals surface area contributed by atoms with Gasteiger partial charge in [0, 0.05) is 5.56 Å². The van der Waals surface area contributed by atoms with Crippen LogP contribution in [0.3, 0.4) is 0 Å². The molecule has 0 aliphatic carbocycles. The number of ether oxygens (including phenoxy) is 6. The van der Waals surface area contributed by atoms with Gasteiger partial charge in [0.15, 0.2) is 12.4 Å². The minimum absolute atomic E-state index is 0.0807. The predicted molar refractivity (Wildman–Crippen MR) is 133 cm³/mol. The number of carbonyl (C=O) groups excluding carboxylic acids is 3. The Balaban J connectivity index is 2.01. The molecule has 2 aliphatic heterocycles. The Bertz CT molecular complexity index is 968. The fourth-order valence-corrected chi connectivity index (χ4v) is 3.56. The monoisotopic (exact) mass is 520 g/mol. The molecule has 0 spiro atoms. The van der Waals surface area contributed by atoms with Crippen LogP contribution in [0.5, 0.6) is 0 Å². The average molecular weight is 521 g/mol. The highest BCUT2D eigenvalue weighted by atomic mass is 16.8. The van der Waals surface area contributed by atoms with Gasteiger partial charge in [-0.1, -0.05) is 30.3 Å². The Kier molecular flexibility index (Phi) is 8.41. The molecule has 0 radical (unpaired) electrons. The molecule has 2 heterocycles. The minimum atomic E-state index is -1.34. The molecule has 2 saturated heterocycles. The van der Waals surface area contributed by atoms with Crippen molar-refractivity contribution in [3.63, 3.8) is 0 Å². The third kappa shape index (κ3) is 7.09. The summed E-state index contributed by atoms with van der Waals surface area (Å²) in [6.45, 7) is 15.4. The number of hydrogen-bond donors (Lipinski definition) is 0. The van der Waals surface area contributed by atoms with Crippen molar-refractivity contribution in [2.24, 2.45) is 16.2 Å². The molecule has 9 heteroatoms. The van der Waals surface area contributed by atoms with E-state index < -0.39 is 71.1 Å². The van der Waals surface area contributed by atoms with Crippen molar-refractivity contribution in [1.29, 1.82) is 0 Å². The standard InChI is InChI=1S/C28H40O9/c1-26(2,3)23(29)35-19-18-17(15-32-21(34-18)16-13-11-10-12-14-16)33-22(37-25(31)28(7,8)9)20(19)36-24(30)27(4,5)6/h10-14,17-22H,15H2,1-9H3/t17?,18-,19+,20?,21?,22-/m0/s1. The minimum Gasteiger partial charge on any atom is -0.455 e. The topological polar surface area (TPSA) is 107 Å². The first-order valence-corrected chi connectivity index (χ1v) is 12.6. The van der Waals surface area contributed by atoms with Crippen LogP contribution in [0.25, 0.3) is 0 Å². The second kappa shape index (κ2) is 10.7. The fraction of sp³-hybridized carbons (Fsp3) is 0.679. The van der Waals surface area contributed by atoms with Gasteiger partial charge in [-0.2, -0.15) is 0 Å². The lowest BCUT2D eigenvalue weighted by molar-refractivity contribution is -0.359. The van der Waals surface area contributed by atoms with E-state index in [4.69, 9.17) is 28.4 Å². The maximum absolute atomic E-state index is 13.1. The molecule has 37 heavy (non-hydrogen) atoms. The molecule has 3 rings (SSSR count). The van der Waals surface area contributed by atoms with Gasteiger partial charge in [0.05, 0.1) is 22.9 Å². The Morgan fingerprint density at radius 2 is 1.19 bits per heavy atom. The van der Waals surface area contributed by atoms with Gasteiger partial charge >= 0.3 is 17.9 Å². The van der Waals surface area contributed by atoms with E-state index in [0.717, 1.165) is 5.56 Å². The lowest BCUT2D eigenvalue weighted by atomic mass is 9.93. The zero-order valence-electron chi connectivity index (χ0n) is 23.2. The molecule has 1 aromatic carbocycles. The van der Waals surface area contributed by atoms with Gasteiger partial charge in [0.25, 0.3) is 0 Å². The molecule has 1 aromatic rings. The largest absolute Gasteiger partial charge is 0.455 e. The normalized spacial score (nSPS) is 28.6. The smallest absolute Gasteiger partial charge is 0.313 e. The summed E-state index contributed by atoms with van der Waals surface area (Å²) in [4.78, 5) is 38.9. The van der Waals surface area contributed by atoms with E-state index in [-0.39, 0.29) is 6.61 Å². The van der Waals surface area contributed by atoms with Crippen LogP contribution in [-0.4, -0.2) is 55.2 Å². The summed E-state index contributed by atoms with van der Waals surface area (Å²) in [5.74, 6) is -1.66. The molecule has 206 valence electrons. The van der Waals surface area contributed by atoms with E-state index in [2.05, 4.69) is 0 Å². The van der Waals surface area contributed by atoms with Crippen LogP contribution in [0.2, 0.25) is 0 Å². The maximum Gasteiger partial charge on any atom is 0.313 e. The van der Waals surface area contributed by atoms with E-state index in [1.165, 1.54) is 0 Å². The van der Waals surface area contributed by atoms with E-state index >= 15 is 0 Å². The summed E-state index contributed by atoms with van der Waals surface area (Å²) in [6.07, 6.45) is -6.08. The van der Waals surface area contributed by atoms with Crippen LogP contribution in [0.4, 0.5) is 0 Å². The molecule has 0 saturated carbocycles.